The van der Waals surface area contributed by atoms with Gasteiger partial charge < -0.3 is 30.1 Å². The molecule has 10 heteroatoms. The summed E-state index contributed by atoms with van der Waals surface area (Å²) in [6, 6.07) is 21.6. The molecule has 3 amide bonds. The van der Waals surface area contributed by atoms with Crippen molar-refractivity contribution in [3.8, 4) is 11.8 Å². The summed E-state index contributed by atoms with van der Waals surface area (Å²) in [5.41, 5.74) is 3.81. The minimum atomic E-state index is -0.190. The van der Waals surface area contributed by atoms with Crippen molar-refractivity contribution in [2.75, 3.05) is 69.7 Å². The van der Waals surface area contributed by atoms with Gasteiger partial charge in [-0.1, -0.05) is 12.1 Å². The molecule has 5 rings (SSSR count). The Morgan fingerprint density at radius 3 is 2.21 bits per heavy atom. The Bertz CT molecular complexity index is 1480. The summed E-state index contributed by atoms with van der Waals surface area (Å²) in [6.45, 7) is 5.08. The highest BCUT2D eigenvalue weighted by atomic mass is 16.5. The van der Waals surface area contributed by atoms with Gasteiger partial charge in [-0.15, -0.1) is 0 Å². The predicted molar refractivity (Wildman–Crippen MR) is 164 cm³/mol. The summed E-state index contributed by atoms with van der Waals surface area (Å²) in [5.74, 6) is 0.395. The molecule has 2 heterocycles. The number of methoxy groups -OCH3 is 1. The first-order chi connectivity index (χ1) is 20.9. The lowest BCUT2D eigenvalue weighted by Crippen LogP contribution is -2.49. The molecule has 3 aromatic rings. The minimum absolute atomic E-state index is 0.0567. The van der Waals surface area contributed by atoms with E-state index in [1.807, 2.05) is 41.3 Å². The summed E-state index contributed by atoms with van der Waals surface area (Å²) in [7, 11) is 1.60. The highest BCUT2D eigenvalue weighted by Crippen LogP contribution is 2.30. The fraction of sp³-hybridized carbons (Fsp3) is 0.333. The fourth-order valence-corrected chi connectivity index (χ4v) is 5.42. The monoisotopic (exact) mass is 580 g/mol. The Labute approximate surface area is 251 Å². The lowest BCUT2D eigenvalue weighted by molar-refractivity contribution is -0.115. The van der Waals surface area contributed by atoms with E-state index >= 15 is 0 Å². The third-order valence-corrected chi connectivity index (χ3v) is 7.84. The van der Waals surface area contributed by atoms with E-state index in [0.29, 0.717) is 61.6 Å². The summed E-state index contributed by atoms with van der Waals surface area (Å²) >= 11 is 0. The van der Waals surface area contributed by atoms with Crippen LogP contribution in [0, 0.1) is 11.3 Å². The van der Waals surface area contributed by atoms with E-state index in [2.05, 4.69) is 21.6 Å². The lowest BCUT2D eigenvalue weighted by atomic mass is 10.1. The quantitative estimate of drug-likeness (QED) is 0.441. The van der Waals surface area contributed by atoms with Gasteiger partial charge >= 0.3 is 0 Å². The number of nitriles is 1. The maximum absolute atomic E-state index is 13.4. The summed E-state index contributed by atoms with van der Waals surface area (Å²) in [4.78, 5) is 45.5. The molecule has 0 aromatic heterocycles. The molecule has 2 saturated heterocycles. The second-order valence-corrected chi connectivity index (χ2v) is 10.7. The SMILES string of the molecule is COc1ccc(CC(=O)Nc2cc(C(=O)N3CCCNCC3)ccc2N2CCN(C(=O)c3ccc(C#N)cc3)CC2)cc1. The number of amides is 3. The fourth-order valence-electron chi connectivity index (χ4n) is 5.42. The van der Waals surface area contributed by atoms with Crippen LogP contribution in [-0.4, -0.2) is 87.0 Å². The molecule has 2 fully saturated rings. The maximum atomic E-state index is 13.4. The number of rotatable bonds is 7. The van der Waals surface area contributed by atoms with Crippen LogP contribution in [0.5, 0.6) is 5.75 Å². The largest absolute Gasteiger partial charge is 0.497 e. The van der Waals surface area contributed by atoms with Gasteiger partial charge in [0.15, 0.2) is 0 Å². The highest BCUT2D eigenvalue weighted by molar-refractivity contribution is 6.00. The average Bonchev–Trinajstić information content (AvgIpc) is 3.34. The molecule has 0 radical (unpaired) electrons. The molecular weight excluding hydrogens is 544 g/mol. The van der Waals surface area contributed by atoms with E-state index in [-0.39, 0.29) is 24.1 Å². The number of anilines is 2. The zero-order valence-electron chi connectivity index (χ0n) is 24.3. The Kier molecular flexibility index (Phi) is 9.54. The number of carbonyl (C=O) groups excluding carboxylic acids is 3. The molecule has 0 saturated carbocycles. The maximum Gasteiger partial charge on any atom is 0.253 e. The number of nitrogens with zero attached hydrogens (tertiary/aromatic N) is 4. The number of carbonyl (C=O) groups is 3. The summed E-state index contributed by atoms with van der Waals surface area (Å²) in [6.07, 6.45) is 1.06. The molecule has 0 aliphatic carbocycles. The molecule has 3 aromatic carbocycles. The van der Waals surface area contributed by atoms with Gasteiger partial charge in [0.1, 0.15) is 5.75 Å². The van der Waals surface area contributed by atoms with Crippen molar-refractivity contribution in [1.82, 2.24) is 15.1 Å². The van der Waals surface area contributed by atoms with Gasteiger partial charge in [0, 0.05) is 56.9 Å². The van der Waals surface area contributed by atoms with E-state index in [0.717, 1.165) is 36.5 Å². The first kappa shape index (κ1) is 29.6. The number of hydrogen-bond donors (Lipinski definition) is 2. The van der Waals surface area contributed by atoms with Crippen molar-refractivity contribution in [1.29, 1.82) is 5.26 Å². The van der Waals surface area contributed by atoms with Gasteiger partial charge in [0.05, 0.1) is 36.5 Å². The third kappa shape index (κ3) is 7.31. The molecule has 0 atom stereocenters. The molecule has 0 bridgehead atoms. The zero-order chi connectivity index (χ0) is 30.2. The van der Waals surface area contributed by atoms with Gasteiger partial charge in [-0.3, -0.25) is 14.4 Å². The molecule has 10 nitrogen and oxygen atoms in total. The molecular formula is C33H36N6O4. The van der Waals surface area contributed by atoms with Gasteiger partial charge in [0.25, 0.3) is 11.8 Å². The molecule has 0 unspecified atom stereocenters. The van der Waals surface area contributed by atoms with Crippen LogP contribution in [0.1, 0.15) is 38.3 Å². The van der Waals surface area contributed by atoms with Crippen LogP contribution in [-0.2, 0) is 11.2 Å². The molecule has 0 spiro atoms. The normalized spacial score (nSPS) is 15.3. The van der Waals surface area contributed by atoms with Gasteiger partial charge in [-0.2, -0.15) is 5.26 Å². The van der Waals surface area contributed by atoms with Crippen molar-refractivity contribution in [3.05, 3.63) is 89.0 Å². The van der Waals surface area contributed by atoms with E-state index in [9.17, 15) is 14.4 Å². The summed E-state index contributed by atoms with van der Waals surface area (Å²) < 4.78 is 5.22. The van der Waals surface area contributed by atoms with Crippen molar-refractivity contribution in [2.45, 2.75) is 12.8 Å². The van der Waals surface area contributed by atoms with Crippen molar-refractivity contribution in [3.63, 3.8) is 0 Å². The third-order valence-electron chi connectivity index (χ3n) is 7.84. The smallest absolute Gasteiger partial charge is 0.253 e. The van der Waals surface area contributed by atoms with Crippen molar-refractivity contribution < 1.29 is 19.1 Å². The predicted octanol–water partition coefficient (Wildman–Crippen LogP) is 3.15. The zero-order valence-corrected chi connectivity index (χ0v) is 24.3. The van der Waals surface area contributed by atoms with Gasteiger partial charge in [-0.25, -0.2) is 0 Å². The van der Waals surface area contributed by atoms with Crippen LogP contribution >= 0.6 is 0 Å². The van der Waals surface area contributed by atoms with Crippen LogP contribution in [0.4, 0.5) is 11.4 Å². The molecule has 222 valence electrons. The van der Waals surface area contributed by atoms with E-state index in [1.54, 1.807) is 42.3 Å². The number of nitrogens with one attached hydrogen (secondary N) is 2. The Hall–Kier alpha value is -4.88. The first-order valence-corrected chi connectivity index (χ1v) is 14.6. The van der Waals surface area contributed by atoms with Crippen molar-refractivity contribution >= 4 is 29.1 Å². The Morgan fingerprint density at radius 1 is 0.837 bits per heavy atom. The van der Waals surface area contributed by atoms with Crippen LogP contribution in [0.25, 0.3) is 0 Å². The molecule has 43 heavy (non-hydrogen) atoms. The molecule has 2 N–H and O–H groups in total. The molecule has 2 aliphatic heterocycles. The number of benzene rings is 3. The van der Waals surface area contributed by atoms with E-state index in [4.69, 9.17) is 10.00 Å². The van der Waals surface area contributed by atoms with Crippen LogP contribution < -0.4 is 20.3 Å². The highest BCUT2D eigenvalue weighted by Gasteiger charge is 2.25. The van der Waals surface area contributed by atoms with Gasteiger partial charge in [0.2, 0.25) is 5.91 Å². The second kappa shape index (κ2) is 13.9. The molecule has 2 aliphatic rings. The van der Waals surface area contributed by atoms with Gasteiger partial charge in [-0.05, 0) is 73.1 Å². The standard InChI is InChI=1S/C33H36N6O4/c1-43-28-10-5-24(6-11-28)21-31(40)36-29-22-27(33(42)38-15-2-13-35-14-16-38)9-12-30(29)37-17-19-39(20-18-37)32(41)26-7-3-25(23-34)4-8-26/h3-12,22,35H,2,13-21H2,1H3,(H,36,40). The summed E-state index contributed by atoms with van der Waals surface area (Å²) in [5, 5.41) is 15.4. The average molecular weight is 581 g/mol. The minimum Gasteiger partial charge on any atom is -0.497 e. The Morgan fingerprint density at radius 2 is 1.51 bits per heavy atom. The number of ether oxygens (including phenoxy) is 1. The van der Waals surface area contributed by atoms with Crippen LogP contribution in [0.15, 0.2) is 66.7 Å². The topological polar surface area (TPSA) is 118 Å². The number of piperazine rings is 1. The lowest BCUT2D eigenvalue weighted by Gasteiger charge is -2.37. The Balaban J connectivity index is 1.33. The van der Waals surface area contributed by atoms with E-state index in [1.165, 1.54) is 0 Å². The van der Waals surface area contributed by atoms with Crippen LogP contribution in [0.2, 0.25) is 0 Å². The number of hydrogen-bond acceptors (Lipinski definition) is 7. The van der Waals surface area contributed by atoms with E-state index < -0.39 is 0 Å². The second-order valence-electron chi connectivity index (χ2n) is 10.7. The van der Waals surface area contributed by atoms with Crippen molar-refractivity contribution in [2.24, 2.45) is 0 Å². The first-order valence-electron chi connectivity index (χ1n) is 14.6. The van der Waals surface area contributed by atoms with Crippen LogP contribution in [0.3, 0.4) is 0 Å².